The molecule has 0 aliphatic rings. The van der Waals surface area contributed by atoms with Crippen molar-refractivity contribution in [3.05, 3.63) is 59.5 Å². The van der Waals surface area contributed by atoms with Gasteiger partial charge in [-0.1, -0.05) is 18.2 Å². The summed E-state index contributed by atoms with van der Waals surface area (Å²) in [4.78, 5) is 28.6. The van der Waals surface area contributed by atoms with Crippen molar-refractivity contribution >= 4 is 28.7 Å². The predicted molar refractivity (Wildman–Crippen MR) is 98.1 cm³/mol. The quantitative estimate of drug-likeness (QED) is 0.681. The number of hydrogen-bond acceptors (Lipinski definition) is 5. The van der Waals surface area contributed by atoms with Gasteiger partial charge in [0.15, 0.2) is 11.5 Å². The number of aryl methyl sites for hydroxylation is 2. The number of carbonyl (C=O) groups excluding carboxylic acids is 2. The molecule has 6 heteroatoms. The summed E-state index contributed by atoms with van der Waals surface area (Å²) >= 11 is 0. The minimum Gasteiger partial charge on any atom is -0.462 e. The first-order valence-corrected chi connectivity index (χ1v) is 8.49. The Morgan fingerprint density at radius 1 is 1.19 bits per heavy atom. The molecule has 3 aromatic rings. The number of carbonyl (C=O) groups is 2. The monoisotopic (exact) mass is 352 g/mol. The molecular formula is C20H20N2O4. The maximum atomic E-state index is 12.3. The van der Waals surface area contributed by atoms with Gasteiger partial charge >= 0.3 is 5.97 Å². The van der Waals surface area contributed by atoms with Gasteiger partial charge in [-0.15, -0.1) is 0 Å². The first-order valence-electron chi connectivity index (χ1n) is 8.49. The number of rotatable bonds is 6. The van der Waals surface area contributed by atoms with Crippen molar-refractivity contribution < 1.29 is 18.7 Å². The van der Waals surface area contributed by atoms with E-state index in [9.17, 15) is 9.59 Å². The molecule has 0 unspecified atom stereocenters. The number of ether oxygens (including phenoxy) is 1. The molecule has 0 saturated heterocycles. The minimum absolute atomic E-state index is 0.168. The van der Waals surface area contributed by atoms with E-state index in [0.29, 0.717) is 30.0 Å². The van der Waals surface area contributed by atoms with Gasteiger partial charge in [-0.3, -0.25) is 4.79 Å². The number of aromatic nitrogens is 1. The zero-order chi connectivity index (χ0) is 18.5. The highest BCUT2D eigenvalue weighted by atomic mass is 16.5. The molecule has 6 nitrogen and oxygen atoms in total. The smallest absolute Gasteiger partial charge is 0.340 e. The van der Waals surface area contributed by atoms with Crippen LogP contribution in [0, 0.1) is 6.92 Å². The van der Waals surface area contributed by atoms with Crippen LogP contribution in [-0.2, 0) is 16.0 Å². The van der Waals surface area contributed by atoms with E-state index in [2.05, 4.69) is 10.3 Å². The lowest BCUT2D eigenvalue weighted by molar-refractivity contribution is -0.116. The number of esters is 1. The molecule has 1 heterocycles. The normalized spacial score (nSPS) is 10.7. The van der Waals surface area contributed by atoms with Crippen molar-refractivity contribution in [1.82, 2.24) is 4.98 Å². The number of benzene rings is 2. The van der Waals surface area contributed by atoms with Gasteiger partial charge in [0.2, 0.25) is 5.91 Å². The third-order valence-corrected chi connectivity index (χ3v) is 3.90. The lowest BCUT2D eigenvalue weighted by Gasteiger charge is -2.10. The van der Waals surface area contributed by atoms with Crippen LogP contribution in [0.2, 0.25) is 0 Å². The van der Waals surface area contributed by atoms with E-state index in [1.54, 1.807) is 38.1 Å². The number of oxazole rings is 1. The topological polar surface area (TPSA) is 81.4 Å². The van der Waals surface area contributed by atoms with Crippen LogP contribution >= 0.6 is 0 Å². The number of nitrogens with one attached hydrogen (secondary N) is 1. The first-order chi connectivity index (χ1) is 12.6. The van der Waals surface area contributed by atoms with Crippen LogP contribution in [0.15, 0.2) is 46.9 Å². The Kier molecular flexibility index (Phi) is 5.31. The van der Waals surface area contributed by atoms with Crippen molar-refractivity contribution in [3.8, 4) is 0 Å². The molecule has 0 saturated carbocycles. The Bertz CT molecular complexity index is 946. The molecule has 0 radical (unpaired) electrons. The first kappa shape index (κ1) is 17.7. The zero-order valence-electron chi connectivity index (χ0n) is 14.7. The largest absolute Gasteiger partial charge is 0.462 e. The molecule has 0 fully saturated rings. The van der Waals surface area contributed by atoms with Crippen LogP contribution in [0.1, 0.15) is 35.2 Å². The van der Waals surface area contributed by atoms with E-state index in [1.165, 1.54) is 0 Å². The fraction of sp³-hybridized carbons (Fsp3) is 0.250. The summed E-state index contributed by atoms with van der Waals surface area (Å²) in [6, 6.07) is 12.5. The van der Waals surface area contributed by atoms with Gasteiger partial charge < -0.3 is 14.5 Å². The number of para-hydroxylation sites is 1. The van der Waals surface area contributed by atoms with Gasteiger partial charge in [0.25, 0.3) is 0 Å². The van der Waals surface area contributed by atoms with Crippen molar-refractivity contribution in [1.29, 1.82) is 0 Å². The molecule has 0 spiro atoms. The maximum absolute atomic E-state index is 12.3. The number of hydrogen-bond donors (Lipinski definition) is 1. The van der Waals surface area contributed by atoms with E-state index >= 15 is 0 Å². The van der Waals surface area contributed by atoms with Crippen LogP contribution < -0.4 is 5.32 Å². The predicted octanol–water partition coefficient (Wildman–Crippen LogP) is 3.88. The Morgan fingerprint density at radius 3 is 2.81 bits per heavy atom. The standard InChI is InChI=1S/C20H20N2O4/c1-3-25-20(24)15-6-4-5-7-16(15)22-19(23)11-9-14-8-10-18-17(12-14)21-13(2)26-18/h4-8,10,12H,3,9,11H2,1-2H3,(H,22,23). The van der Waals surface area contributed by atoms with Gasteiger partial charge in [0.1, 0.15) is 5.52 Å². The lowest BCUT2D eigenvalue weighted by atomic mass is 10.1. The Labute approximate surface area is 151 Å². The molecule has 2 aromatic carbocycles. The molecular weight excluding hydrogens is 332 g/mol. The van der Waals surface area contributed by atoms with Gasteiger partial charge in [-0.2, -0.15) is 0 Å². The Morgan fingerprint density at radius 2 is 2.00 bits per heavy atom. The summed E-state index contributed by atoms with van der Waals surface area (Å²) in [6.45, 7) is 3.82. The number of anilines is 1. The highest BCUT2D eigenvalue weighted by Crippen LogP contribution is 2.19. The van der Waals surface area contributed by atoms with E-state index in [-0.39, 0.29) is 12.5 Å². The molecule has 0 bridgehead atoms. The molecule has 1 aromatic heterocycles. The number of amides is 1. The van der Waals surface area contributed by atoms with Crippen LogP contribution in [0.25, 0.3) is 11.1 Å². The van der Waals surface area contributed by atoms with Gasteiger partial charge in [0.05, 0.1) is 17.9 Å². The van der Waals surface area contributed by atoms with Crippen LogP contribution in [0.3, 0.4) is 0 Å². The average Bonchev–Trinajstić information content (AvgIpc) is 3.00. The van der Waals surface area contributed by atoms with Crippen LogP contribution in [-0.4, -0.2) is 23.5 Å². The molecule has 26 heavy (non-hydrogen) atoms. The summed E-state index contributed by atoms with van der Waals surface area (Å²) < 4.78 is 10.5. The molecule has 0 aliphatic heterocycles. The maximum Gasteiger partial charge on any atom is 0.340 e. The van der Waals surface area contributed by atoms with Crippen LogP contribution in [0.5, 0.6) is 0 Å². The van der Waals surface area contributed by atoms with Crippen molar-refractivity contribution in [2.45, 2.75) is 26.7 Å². The highest BCUT2D eigenvalue weighted by Gasteiger charge is 2.14. The summed E-state index contributed by atoms with van der Waals surface area (Å²) in [5, 5.41) is 2.79. The van der Waals surface area contributed by atoms with E-state index in [0.717, 1.165) is 16.7 Å². The summed E-state index contributed by atoms with van der Waals surface area (Å²) in [6.07, 6.45) is 0.856. The van der Waals surface area contributed by atoms with Gasteiger partial charge in [-0.05, 0) is 43.2 Å². The zero-order valence-corrected chi connectivity index (χ0v) is 14.7. The van der Waals surface area contributed by atoms with Gasteiger partial charge in [-0.25, -0.2) is 9.78 Å². The molecule has 134 valence electrons. The van der Waals surface area contributed by atoms with Crippen molar-refractivity contribution in [3.63, 3.8) is 0 Å². The SMILES string of the molecule is CCOC(=O)c1ccccc1NC(=O)CCc1ccc2oc(C)nc2c1. The fourth-order valence-corrected chi connectivity index (χ4v) is 2.69. The molecule has 3 rings (SSSR count). The second-order valence-corrected chi connectivity index (χ2v) is 5.85. The molecule has 0 atom stereocenters. The van der Waals surface area contributed by atoms with E-state index in [4.69, 9.17) is 9.15 Å². The highest BCUT2D eigenvalue weighted by molar-refractivity contribution is 6.01. The Hall–Kier alpha value is -3.15. The minimum atomic E-state index is -0.449. The summed E-state index contributed by atoms with van der Waals surface area (Å²) in [7, 11) is 0. The molecule has 1 amide bonds. The molecule has 0 aliphatic carbocycles. The third-order valence-electron chi connectivity index (χ3n) is 3.90. The molecule has 1 N–H and O–H groups in total. The van der Waals surface area contributed by atoms with Gasteiger partial charge in [0, 0.05) is 13.3 Å². The second kappa shape index (κ2) is 7.82. The van der Waals surface area contributed by atoms with Crippen molar-refractivity contribution in [2.24, 2.45) is 0 Å². The van der Waals surface area contributed by atoms with E-state index in [1.807, 2.05) is 18.2 Å². The number of fused-ring (bicyclic) bond motifs is 1. The second-order valence-electron chi connectivity index (χ2n) is 5.85. The van der Waals surface area contributed by atoms with E-state index < -0.39 is 5.97 Å². The Balaban J connectivity index is 1.64. The number of nitrogens with zero attached hydrogens (tertiary/aromatic N) is 1. The lowest BCUT2D eigenvalue weighted by Crippen LogP contribution is -2.16. The third kappa shape index (κ3) is 4.08. The fourth-order valence-electron chi connectivity index (χ4n) is 2.69. The van der Waals surface area contributed by atoms with Crippen LogP contribution in [0.4, 0.5) is 5.69 Å². The average molecular weight is 352 g/mol. The summed E-state index contributed by atoms with van der Waals surface area (Å²) in [5.74, 6) is -0.00102. The van der Waals surface area contributed by atoms with Crippen molar-refractivity contribution in [2.75, 3.05) is 11.9 Å². The summed E-state index contributed by atoms with van der Waals surface area (Å²) in [5.41, 5.74) is 3.33.